The number of fused-ring (bicyclic) bond motifs is 1. The molecule has 0 aliphatic heterocycles. The maximum Gasteiger partial charge on any atom is 0.255 e. The van der Waals surface area contributed by atoms with Gasteiger partial charge in [0.1, 0.15) is 5.15 Å². The van der Waals surface area contributed by atoms with E-state index in [-0.39, 0.29) is 5.91 Å². The van der Waals surface area contributed by atoms with Gasteiger partial charge in [-0.1, -0.05) is 17.7 Å². The molecule has 96 valence electrons. The standard InChI is InChI=1S/C15H13ClN2O/c16-14-9-12(6-7-17-14)15(19)18-13-5-4-10-2-1-3-11(10)8-13/h4-9H,1-3H2,(H,18,19). The average Bonchev–Trinajstić information content (AvgIpc) is 2.86. The first-order valence-electron chi connectivity index (χ1n) is 6.27. The van der Waals surface area contributed by atoms with Crippen LogP contribution in [0, 0.1) is 0 Å². The molecule has 1 amide bonds. The van der Waals surface area contributed by atoms with Gasteiger partial charge in [-0.25, -0.2) is 4.98 Å². The van der Waals surface area contributed by atoms with Crippen LogP contribution >= 0.6 is 11.6 Å². The third-order valence-electron chi connectivity index (χ3n) is 3.35. The smallest absolute Gasteiger partial charge is 0.255 e. The molecule has 1 aliphatic rings. The minimum Gasteiger partial charge on any atom is -0.322 e. The predicted molar refractivity (Wildman–Crippen MR) is 75.7 cm³/mol. The number of amides is 1. The van der Waals surface area contributed by atoms with E-state index in [0.717, 1.165) is 18.5 Å². The van der Waals surface area contributed by atoms with Gasteiger partial charge < -0.3 is 5.32 Å². The van der Waals surface area contributed by atoms with Crippen LogP contribution in [-0.2, 0) is 12.8 Å². The molecule has 2 aromatic rings. The molecule has 0 spiro atoms. The number of carbonyl (C=O) groups is 1. The summed E-state index contributed by atoms with van der Waals surface area (Å²) < 4.78 is 0. The lowest BCUT2D eigenvalue weighted by molar-refractivity contribution is 0.102. The lowest BCUT2D eigenvalue weighted by Gasteiger charge is -2.07. The quantitative estimate of drug-likeness (QED) is 0.851. The molecule has 0 unspecified atom stereocenters. The summed E-state index contributed by atoms with van der Waals surface area (Å²) in [7, 11) is 0. The van der Waals surface area contributed by atoms with Gasteiger partial charge in [0.05, 0.1) is 0 Å². The van der Waals surface area contributed by atoms with E-state index in [1.165, 1.54) is 23.7 Å². The van der Waals surface area contributed by atoms with Gasteiger partial charge in [-0.2, -0.15) is 0 Å². The summed E-state index contributed by atoms with van der Waals surface area (Å²) >= 11 is 5.78. The fourth-order valence-corrected chi connectivity index (χ4v) is 2.57. The van der Waals surface area contributed by atoms with Crippen molar-refractivity contribution in [3.05, 3.63) is 58.4 Å². The van der Waals surface area contributed by atoms with E-state index in [1.807, 2.05) is 6.07 Å². The van der Waals surface area contributed by atoms with Crippen LogP contribution in [0.1, 0.15) is 27.9 Å². The van der Waals surface area contributed by atoms with Gasteiger partial charge in [0.15, 0.2) is 0 Å². The van der Waals surface area contributed by atoms with Crippen LogP contribution < -0.4 is 5.32 Å². The van der Waals surface area contributed by atoms with Crippen molar-refractivity contribution in [2.24, 2.45) is 0 Å². The number of halogens is 1. The molecule has 1 heterocycles. The molecule has 0 radical (unpaired) electrons. The molecule has 0 bridgehead atoms. The van der Waals surface area contributed by atoms with Gasteiger partial charge in [-0.05, 0) is 54.7 Å². The van der Waals surface area contributed by atoms with Crippen LogP contribution in [0.25, 0.3) is 0 Å². The number of hydrogen-bond donors (Lipinski definition) is 1. The molecule has 1 aliphatic carbocycles. The molecule has 1 aromatic carbocycles. The molecule has 0 fully saturated rings. The Morgan fingerprint density at radius 3 is 2.84 bits per heavy atom. The highest BCUT2D eigenvalue weighted by Gasteiger charge is 2.12. The zero-order chi connectivity index (χ0) is 13.2. The summed E-state index contributed by atoms with van der Waals surface area (Å²) in [4.78, 5) is 15.9. The number of carbonyl (C=O) groups excluding carboxylic acids is 1. The second-order valence-corrected chi connectivity index (χ2v) is 5.05. The lowest BCUT2D eigenvalue weighted by atomic mass is 10.1. The largest absolute Gasteiger partial charge is 0.322 e. The highest BCUT2D eigenvalue weighted by Crippen LogP contribution is 2.25. The van der Waals surface area contributed by atoms with Crippen molar-refractivity contribution in [3.63, 3.8) is 0 Å². The molecule has 1 N–H and O–H groups in total. The van der Waals surface area contributed by atoms with Crippen LogP contribution in [0.5, 0.6) is 0 Å². The Bertz CT molecular complexity index is 640. The Morgan fingerprint density at radius 1 is 1.16 bits per heavy atom. The Kier molecular flexibility index (Phi) is 3.22. The van der Waals surface area contributed by atoms with Crippen molar-refractivity contribution in [3.8, 4) is 0 Å². The number of nitrogens with one attached hydrogen (secondary N) is 1. The summed E-state index contributed by atoms with van der Waals surface area (Å²) in [5.74, 6) is -0.165. The van der Waals surface area contributed by atoms with Gasteiger partial charge in [0, 0.05) is 17.4 Å². The van der Waals surface area contributed by atoms with Crippen LogP contribution in [0.4, 0.5) is 5.69 Å². The first-order chi connectivity index (χ1) is 9.22. The molecule has 0 atom stereocenters. The lowest BCUT2D eigenvalue weighted by Crippen LogP contribution is -2.12. The van der Waals surface area contributed by atoms with Crippen molar-refractivity contribution < 1.29 is 4.79 Å². The zero-order valence-electron chi connectivity index (χ0n) is 10.3. The number of benzene rings is 1. The second kappa shape index (κ2) is 5.02. The third kappa shape index (κ3) is 2.61. The minimum absolute atomic E-state index is 0.165. The maximum absolute atomic E-state index is 12.1. The van der Waals surface area contributed by atoms with Crippen molar-refractivity contribution >= 4 is 23.2 Å². The minimum atomic E-state index is -0.165. The Labute approximate surface area is 116 Å². The number of nitrogens with zero attached hydrogens (tertiary/aromatic N) is 1. The second-order valence-electron chi connectivity index (χ2n) is 4.66. The monoisotopic (exact) mass is 272 g/mol. The van der Waals surface area contributed by atoms with E-state index in [1.54, 1.807) is 12.1 Å². The number of pyridine rings is 1. The van der Waals surface area contributed by atoms with Crippen LogP contribution in [0.3, 0.4) is 0 Å². The maximum atomic E-state index is 12.1. The summed E-state index contributed by atoms with van der Waals surface area (Å²) in [6.45, 7) is 0. The molecule has 1 aromatic heterocycles. The highest BCUT2D eigenvalue weighted by molar-refractivity contribution is 6.29. The van der Waals surface area contributed by atoms with E-state index >= 15 is 0 Å². The van der Waals surface area contributed by atoms with Crippen molar-refractivity contribution in [1.82, 2.24) is 4.98 Å². The van der Waals surface area contributed by atoms with Crippen LogP contribution in [-0.4, -0.2) is 10.9 Å². The van der Waals surface area contributed by atoms with Crippen LogP contribution in [0.15, 0.2) is 36.5 Å². The van der Waals surface area contributed by atoms with Crippen molar-refractivity contribution in [1.29, 1.82) is 0 Å². The van der Waals surface area contributed by atoms with Crippen molar-refractivity contribution in [2.75, 3.05) is 5.32 Å². The van der Waals surface area contributed by atoms with Gasteiger partial charge >= 0.3 is 0 Å². The number of rotatable bonds is 2. The SMILES string of the molecule is O=C(Nc1ccc2c(c1)CCC2)c1ccnc(Cl)c1. The molecular formula is C15H13ClN2O. The fraction of sp³-hybridized carbons (Fsp3) is 0.200. The summed E-state index contributed by atoms with van der Waals surface area (Å²) in [5.41, 5.74) is 4.08. The topological polar surface area (TPSA) is 42.0 Å². The summed E-state index contributed by atoms with van der Waals surface area (Å²) in [6.07, 6.45) is 4.97. The Hall–Kier alpha value is -1.87. The molecule has 3 rings (SSSR count). The first kappa shape index (κ1) is 12.2. The fourth-order valence-electron chi connectivity index (χ4n) is 2.40. The molecule has 3 nitrogen and oxygen atoms in total. The van der Waals surface area contributed by atoms with E-state index in [9.17, 15) is 4.79 Å². The third-order valence-corrected chi connectivity index (χ3v) is 3.55. The Morgan fingerprint density at radius 2 is 2.00 bits per heavy atom. The molecule has 0 saturated carbocycles. The van der Waals surface area contributed by atoms with E-state index in [2.05, 4.69) is 22.4 Å². The van der Waals surface area contributed by atoms with E-state index in [4.69, 9.17) is 11.6 Å². The van der Waals surface area contributed by atoms with E-state index < -0.39 is 0 Å². The highest BCUT2D eigenvalue weighted by atomic mass is 35.5. The number of aryl methyl sites for hydroxylation is 2. The van der Waals surface area contributed by atoms with Gasteiger partial charge in [-0.3, -0.25) is 4.79 Å². The van der Waals surface area contributed by atoms with E-state index in [0.29, 0.717) is 10.7 Å². The summed E-state index contributed by atoms with van der Waals surface area (Å²) in [6, 6.07) is 9.31. The number of anilines is 1. The number of aromatic nitrogens is 1. The zero-order valence-corrected chi connectivity index (χ0v) is 11.1. The number of hydrogen-bond acceptors (Lipinski definition) is 2. The van der Waals surface area contributed by atoms with Gasteiger partial charge in [-0.15, -0.1) is 0 Å². The normalized spacial score (nSPS) is 13.1. The van der Waals surface area contributed by atoms with Gasteiger partial charge in [0.2, 0.25) is 0 Å². The molecule has 4 heteroatoms. The van der Waals surface area contributed by atoms with Crippen LogP contribution in [0.2, 0.25) is 5.15 Å². The Balaban J connectivity index is 1.80. The average molecular weight is 273 g/mol. The predicted octanol–water partition coefficient (Wildman–Crippen LogP) is 3.48. The first-order valence-corrected chi connectivity index (χ1v) is 6.65. The molecule has 0 saturated heterocycles. The van der Waals surface area contributed by atoms with Crippen molar-refractivity contribution in [2.45, 2.75) is 19.3 Å². The van der Waals surface area contributed by atoms with Gasteiger partial charge in [0.25, 0.3) is 5.91 Å². The molecule has 19 heavy (non-hydrogen) atoms. The summed E-state index contributed by atoms with van der Waals surface area (Å²) in [5, 5.41) is 3.21. The molecular weight excluding hydrogens is 260 g/mol.